The Morgan fingerprint density at radius 3 is 2.80 bits per heavy atom. The number of hydrogen-bond acceptors (Lipinski definition) is 2. The molecule has 1 aromatic rings. The second-order valence-electron chi connectivity index (χ2n) is 5.90. The predicted molar refractivity (Wildman–Crippen MR) is 78.1 cm³/mol. The van der Waals surface area contributed by atoms with Crippen molar-refractivity contribution in [2.24, 2.45) is 17.8 Å². The summed E-state index contributed by atoms with van der Waals surface area (Å²) >= 11 is 0. The topological polar surface area (TPSA) is 49.3 Å². The lowest BCUT2D eigenvalue weighted by Gasteiger charge is -2.14. The van der Waals surface area contributed by atoms with Gasteiger partial charge in [-0.3, -0.25) is 4.79 Å². The first kappa shape index (κ1) is 13.2. The lowest BCUT2D eigenvalue weighted by Crippen LogP contribution is -2.22. The van der Waals surface area contributed by atoms with E-state index in [0.29, 0.717) is 0 Å². The molecule has 0 spiro atoms. The normalized spacial score (nSPS) is 26.4. The van der Waals surface area contributed by atoms with Crippen LogP contribution in [0.15, 0.2) is 18.2 Å². The molecule has 2 unspecified atom stereocenters. The maximum atomic E-state index is 12.3. The molecule has 0 saturated heterocycles. The Morgan fingerprint density at radius 1 is 1.35 bits per heavy atom. The van der Waals surface area contributed by atoms with E-state index in [1.165, 1.54) is 6.42 Å². The minimum absolute atomic E-state index is 0.146. The molecule has 0 heterocycles. The van der Waals surface area contributed by atoms with Crippen molar-refractivity contribution in [3.63, 3.8) is 0 Å². The molecule has 0 aromatic heterocycles. The summed E-state index contributed by atoms with van der Waals surface area (Å²) in [5.41, 5.74) is 2.69. The fourth-order valence-electron chi connectivity index (χ4n) is 3.14. The van der Waals surface area contributed by atoms with Gasteiger partial charge in [-0.2, -0.15) is 0 Å². The van der Waals surface area contributed by atoms with Gasteiger partial charge in [0.1, 0.15) is 6.61 Å². The van der Waals surface area contributed by atoms with E-state index < -0.39 is 0 Å². The van der Waals surface area contributed by atoms with Gasteiger partial charge in [-0.05, 0) is 55.7 Å². The monoisotopic (exact) mass is 269 g/mol. The van der Waals surface area contributed by atoms with E-state index >= 15 is 0 Å². The number of benzene rings is 1. The Labute approximate surface area is 119 Å². The minimum Gasteiger partial charge on any atom is -0.384 e. The molecule has 1 aromatic carbocycles. The fraction of sp³-hybridized carbons (Fsp3) is 0.471. The molecule has 2 aliphatic carbocycles. The van der Waals surface area contributed by atoms with Crippen molar-refractivity contribution >= 4 is 11.6 Å². The van der Waals surface area contributed by atoms with E-state index in [2.05, 4.69) is 17.2 Å². The standard InChI is InChI=1S/C17H19NO2/c1-11-4-5-12(3-2-6-19)7-16(11)18-17(20)15-9-13-8-14(13)10-15/h4-5,7,13-15,19H,6,8-10H2,1H3,(H,18,20). The molecular formula is C17H19NO2. The van der Waals surface area contributed by atoms with Crippen LogP contribution >= 0.6 is 0 Å². The van der Waals surface area contributed by atoms with Gasteiger partial charge in [-0.1, -0.05) is 17.9 Å². The molecule has 3 rings (SSSR count). The van der Waals surface area contributed by atoms with Crippen molar-refractivity contribution in [2.75, 3.05) is 11.9 Å². The number of anilines is 1. The summed E-state index contributed by atoms with van der Waals surface area (Å²) in [5, 5.41) is 11.8. The van der Waals surface area contributed by atoms with Crippen LogP contribution in [0.3, 0.4) is 0 Å². The van der Waals surface area contributed by atoms with Crippen molar-refractivity contribution in [1.82, 2.24) is 0 Å². The summed E-state index contributed by atoms with van der Waals surface area (Å²) in [6.07, 6.45) is 3.44. The highest BCUT2D eigenvalue weighted by molar-refractivity contribution is 5.93. The third-order valence-corrected chi connectivity index (χ3v) is 4.42. The van der Waals surface area contributed by atoms with Crippen molar-refractivity contribution < 1.29 is 9.90 Å². The SMILES string of the molecule is Cc1ccc(C#CCO)cc1NC(=O)C1CC2CC2C1. The van der Waals surface area contributed by atoms with E-state index in [0.717, 1.165) is 41.5 Å². The van der Waals surface area contributed by atoms with Crippen molar-refractivity contribution in [3.8, 4) is 11.8 Å². The average Bonchev–Trinajstić information content (AvgIpc) is 3.06. The zero-order chi connectivity index (χ0) is 14.1. The number of rotatable bonds is 2. The molecule has 104 valence electrons. The summed E-state index contributed by atoms with van der Waals surface area (Å²) < 4.78 is 0. The number of aliphatic hydroxyl groups excluding tert-OH is 1. The van der Waals surface area contributed by atoms with Crippen LogP contribution in [0.4, 0.5) is 5.69 Å². The van der Waals surface area contributed by atoms with E-state index in [1.807, 2.05) is 25.1 Å². The second kappa shape index (κ2) is 5.30. The summed E-state index contributed by atoms with van der Waals surface area (Å²) in [6, 6.07) is 5.73. The first-order valence-electron chi connectivity index (χ1n) is 7.18. The second-order valence-corrected chi connectivity index (χ2v) is 5.90. The van der Waals surface area contributed by atoms with E-state index in [-0.39, 0.29) is 18.4 Å². The average molecular weight is 269 g/mol. The molecule has 2 aliphatic rings. The highest BCUT2D eigenvalue weighted by atomic mass is 16.2. The molecule has 0 radical (unpaired) electrons. The van der Waals surface area contributed by atoms with Gasteiger partial charge in [0, 0.05) is 17.2 Å². The highest BCUT2D eigenvalue weighted by Gasteiger charge is 2.47. The lowest BCUT2D eigenvalue weighted by atomic mass is 10.0. The molecule has 2 fully saturated rings. The molecule has 2 N–H and O–H groups in total. The van der Waals surface area contributed by atoms with Gasteiger partial charge in [0.15, 0.2) is 0 Å². The summed E-state index contributed by atoms with van der Waals surface area (Å²) in [6.45, 7) is 1.82. The fourth-order valence-corrected chi connectivity index (χ4v) is 3.14. The number of carbonyl (C=O) groups is 1. The Balaban J connectivity index is 1.70. The third kappa shape index (κ3) is 2.71. The van der Waals surface area contributed by atoms with E-state index in [4.69, 9.17) is 5.11 Å². The number of fused-ring (bicyclic) bond motifs is 1. The molecule has 3 nitrogen and oxygen atoms in total. The third-order valence-electron chi connectivity index (χ3n) is 4.42. The van der Waals surface area contributed by atoms with Crippen LogP contribution in [0, 0.1) is 36.5 Å². The highest BCUT2D eigenvalue weighted by Crippen LogP contribution is 2.54. The van der Waals surface area contributed by atoms with Crippen LogP contribution in [0.2, 0.25) is 0 Å². The van der Waals surface area contributed by atoms with Gasteiger partial charge in [0.05, 0.1) is 0 Å². The van der Waals surface area contributed by atoms with Crippen molar-refractivity contribution in [1.29, 1.82) is 0 Å². The number of carbonyl (C=O) groups excluding carboxylic acids is 1. The van der Waals surface area contributed by atoms with Crippen LogP contribution < -0.4 is 5.32 Å². The molecule has 2 saturated carbocycles. The van der Waals surface area contributed by atoms with Crippen LogP contribution in [-0.4, -0.2) is 17.6 Å². The maximum absolute atomic E-state index is 12.3. The molecule has 0 aliphatic heterocycles. The first-order chi connectivity index (χ1) is 9.67. The van der Waals surface area contributed by atoms with Crippen LogP contribution in [0.5, 0.6) is 0 Å². The molecule has 1 amide bonds. The molecule has 20 heavy (non-hydrogen) atoms. The number of aliphatic hydroxyl groups is 1. The smallest absolute Gasteiger partial charge is 0.227 e. The maximum Gasteiger partial charge on any atom is 0.227 e. The number of nitrogens with one attached hydrogen (secondary N) is 1. The summed E-state index contributed by atoms with van der Waals surface area (Å²) in [5.74, 6) is 7.45. The van der Waals surface area contributed by atoms with Crippen LogP contribution in [0.25, 0.3) is 0 Å². The van der Waals surface area contributed by atoms with Gasteiger partial charge >= 0.3 is 0 Å². The number of hydrogen-bond donors (Lipinski definition) is 2. The minimum atomic E-state index is -0.152. The lowest BCUT2D eigenvalue weighted by molar-refractivity contribution is -0.120. The van der Waals surface area contributed by atoms with Crippen molar-refractivity contribution in [2.45, 2.75) is 26.2 Å². The molecule has 0 bridgehead atoms. The summed E-state index contributed by atoms with van der Waals surface area (Å²) in [4.78, 5) is 12.3. The molecule has 3 heteroatoms. The number of aryl methyl sites for hydroxylation is 1. The zero-order valence-electron chi connectivity index (χ0n) is 11.6. The van der Waals surface area contributed by atoms with E-state index in [1.54, 1.807) is 0 Å². The van der Waals surface area contributed by atoms with Crippen molar-refractivity contribution in [3.05, 3.63) is 29.3 Å². The first-order valence-corrected chi connectivity index (χ1v) is 7.18. The zero-order valence-corrected chi connectivity index (χ0v) is 11.6. The van der Waals surface area contributed by atoms with Gasteiger partial charge in [-0.25, -0.2) is 0 Å². The Morgan fingerprint density at radius 2 is 2.10 bits per heavy atom. The van der Waals surface area contributed by atoms with Gasteiger partial charge in [0.25, 0.3) is 0 Å². The van der Waals surface area contributed by atoms with Crippen LogP contribution in [0.1, 0.15) is 30.4 Å². The van der Waals surface area contributed by atoms with Gasteiger partial charge in [0.2, 0.25) is 5.91 Å². The Bertz CT molecular complexity index is 587. The van der Waals surface area contributed by atoms with Crippen LogP contribution in [-0.2, 0) is 4.79 Å². The Hall–Kier alpha value is -1.79. The molecule has 2 atom stereocenters. The Kier molecular flexibility index (Phi) is 3.50. The van der Waals surface area contributed by atoms with Gasteiger partial charge < -0.3 is 10.4 Å². The largest absolute Gasteiger partial charge is 0.384 e. The quantitative estimate of drug-likeness (QED) is 0.810. The van der Waals surface area contributed by atoms with E-state index in [9.17, 15) is 4.79 Å². The van der Waals surface area contributed by atoms with Gasteiger partial charge in [-0.15, -0.1) is 0 Å². The summed E-state index contributed by atoms with van der Waals surface area (Å²) in [7, 11) is 0. The molecular weight excluding hydrogens is 250 g/mol. The predicted octanol–water partition coefficient (Wildman–Crippen LogP) is 2.32. The number of amides is 1.